The van der Waals surface area contributed by atoms with Gasteiger partial charge in [0.15, 0.2) is 0 Å². The SMILES string of the molecule is CC(C)(C)C1CCCC[C@@H](C(=O)O)N1. The standard InChI is InChI=1S/C11H21NO2/c1-11(2,3)9-7-5-4-6-8(12-9)10(13)14/h8-9,12H,4-7H2,1-3H3,(H,13,14)/t8-,9?/m0/s1. The number of hydrogen-bond acceptors (Lipinski definition) is 2. The van der Waals surface area contributed by atoms with Crippen LogP contribution in [0.25, 0.3) is 0 Å². The zero-order chi connectivity index (χ0) is 10.8. The summed E-state index contributed by atoms with van der Waals surface area (Å²) in [6.45, 7) is 6.48. The van der Waals surface area contributed by atoms with Gasteiger partial charge in [-0.1, -0.05) is 33.6 Å². The Kier molecular flexibility index (Phi) is 3.53. The maximum absolute atomic E-state index is 10.9. The van der Waals surface area contributed by atoms with Crippen molar-refractivity contribution in [2.45, 2.75) is 58.5 Å². The van der Waals surface area contributed by atoms with Gasteiger partial charge >= 0.3 is 5.97 Å². The Labute approximate surface area is 85.9 Å². The van der Waals surface area contributed by atoms with E-state index < -0.39 is 5.97 Å². The van der Waals surface area contributed by atoms with Crippen LogP contribution >= 0.6 is 0 Å². The molecule has 3 heteroatoms. The molecule has 1 heterocycles. The lowest BCUT2D eigenvalue weighted by Crippen LogP contribution is -2.47. The molecule has 1 aliphatic heterocycles. The van der Waals surface area contributed by atoms with Crippen molar-refractivity contribution >= 4 is 5.97 Å². The zero-order valence-electron chi connectivity index (χ0n) is 9.34. The highest BCUT2D eigenvalue weighted by atomic mass is 16.4. The van der Waals surface area contributed by atoms with Crippen LogP contribution in [0.4, 0.5) is 0 Å². The summed E-state index contributed by atoms with van der Waals surface area (Å²) < 4.78 is 0. The van der Waals surface area contributed by atoms with Crippen molar-refractivity contribution in [3.05, 3.63) is 0 Å². The fourth-order valence-electron chi connectivity index (χ4n) is 1.98. The molecule has 1 rings (SSSR count). The van der Waals surface area contributed by atoms with E-state index in [1.165, 1.54) is 0 Å². The molecule has 3 nitrogen and oxygen atoms in total. The number of carbonyl (C=O) groups is 1. The molecule has 1 aliphatic rings. The maximum atomic E-state index is 10.9. The van der Waals surface area contributed by atoms with Gasteiger partial charge in [0.25, 0.3) is 0 Å². The van der Waals surface area contributed by atoms with Gasteiger partial charge in [0.1, 0.15) is 6.04 Å². The summed E-state index contributed by atoms with van der Waals surface area (Å²) in [7, 11) is 0. The number of carboxylic acid groups (broad SMARTS) is 1. The number of hydrogen-bond donors (Lipinski definition) is 2. The van der Waals surface area contributed by atoms with Gasteiger partial charge in [-0.3, -0.25) is 4.79 Å². The molecule has 0 aromatic rings. The summed E-state index contributed by atoms with van der Waals surface area (Å²) in [6, 6.07) is -0.0205. The fraction of sp³-hybridized carbons (Fsp3) is 0.909. The molecule has 1 unspecified atom stereocenters. The van der Waals surface area contributed by atoms with Crippen molar-refractivity contribution in [2.24, 2.45) is 5.41 Å². The van der Waals surface area contributed by atoms with Crippen molar-refractivity contribution in [3.8, 4) is 0 Å². The first-order valence-corrected chi connectivity index (χ1v) is 5.40. The number of aliphatic carboxylic acids is 1. The second-order valence-electron chi connectivity index (χ2n) is 5.26. The topological polar surface area (TPSA) is 49.3 Å². The molecule has 2 N–H and O–H groups in total. The Morgan fingerprint density at radius 2 is 1.86 bits per heavy atom. The van der Waals surface area contributed by atoms with E-state index in [1.54, 1.807) is 0 Å². The van der Waals surface area contributed by atoms with Crippen LogP contribution in [0, 0.1) is 5.41 Å². The van der Waals surface area contributed by atoms with Gasteiger partial charge in [0.05, 0.1) is 0 Å². The van der Waals surface area contributed by atoms with Crippen molar-refractivity contribution in [3.63, 3.8) is 0 Å². The van der Waals surface area contributed by atoms with E-state index >= 15 is 0 Å². The Morgan fingerprint density at radius 1 is 1.29 bits per heavy atom. The minimum absolute atomic E-state index is 0.151. The molecule has 0 bridgehead atoms. The average molecular weight is 199 g/mol. The minimum atomic E-state index is -0.707. The van der Waals surface area contributed by atoms with Crippen LogP contribution in [0.15, 0.2) is 0 Å². The lowest BCUT2D eigenvalue weighted by Gasteiger charge is -2.32. The van der Waals surface area contributed by atoms with E-state index in [0.29, 0.717) is 6.04 Å². The van der Waals surface area contributed by atoms with E-state index in [4.69, 9.17) is 5.11 Å². The molecule has 1 saturated heterocycles. The summed E-state index contributed by atoms with van der Waals surface area (Å²) in [5.41, 5.74) is 0.151. The first-order chi connectivity index (χ1) is 6.41. The largest absolute Gasteiger partial charge is 0.480 e. The third kappa shape index (κ3) is 2.98. The second kappa shape index (κ2) is 4.30. The molecule has 0 radical (unpaired) electrons. The fourth-order valence-corrected chi connectivity index (χ4v) is 1.98. The first-order valence-electron chi connectivity index (χ1n) is 5.40. The van der Waals surface area contributed by atoms with E-state index in [1.807, 2.05) is 0 Å². The van der Waals surface area contributed by atoms with Gasteiger partial charge in [-0.05, 0) is 18.3 Å². The predicted octanol–water partition coefficient (Wildman–Crippen LogP) is 2.02. The molecule has 14 heavy (non-hydrogen) atoms. The van der Waals surface area contributed by atoms with Crippen molar-refractivity contribution in [1.82, 2.24) is 5.32 Å². The molecule has 0 saturated carbocycles. The minimum Gasteiger partial charge on any atom is -0.480 e. The summed E-state index contributed by atoms with van der Waals surface area (Å²) >= 11 is 0. The van der Waals surface area contributed by atoms with Crippen molar-refractivity contribution < 1.29 is 9.90 Å². The average Bonchev–Trinajstić information content (AvgIpc) is 2.26. The number of nitrogens with one attached hydrogen (secondary N) is 1. The third-order valence-electron chi connectivity index (χ3n) is 2.98. The van der Waals surface area contributed by atoms with Gasteiger partial charge in [0.2, 0.25) is 0 Å². The quantitative estimate of drug-likeness (QED) is 0.679. The molecular weight excluding hydrogens is 178 g/mol. The molecule has 0 aromatic heterocycles. The molecule has 0 aromatic carbocycles. The number of rotatable bonds is 1. The van der Waals surface area contributed by atoms with Gasteiger partial charge in [0, 0.05) is 6.04 Å². The summed E-state index contributed by atoms with van der Waals surface area (Å²) in [5.74, 6) is -0.707. The van der Waals surface area contributed by atoms with Gasteiger partial charge in [-0.15, -0.1) is 0 Å². The highest BCUT2D eigenvalue weighted by Gasteiger charge is 2.30. The molecule has 2 atom stereocenters. The second-order valence-corrected chi connectivity index (χ2v) is 5.26. The van der Waals surface area contributed by atoms with E-state index in [2.05, 4.69) is 26.1 Å². The highest BCUT2D eigenvalue weighted by molar-refractivity contribution is 5.73. The molecule has 0 spiro atoms. The van der Waals surface area contributed by atoms with Crippen molar-refractivity contribution in [1.29, 1.82) is 0 Å². The van der Waals surface area contributed by atoms with Crippen molar-refractivity contribution in [2.75, 3.05) is 0 Å². The lowest BCUT2D eigenvalue weighted by atomic mass is 9.84. The molecule has 0 amide bonds. The van der Waals surface area contributed by atoms with Gasteiger partial charge < -0.3 is 10.4 Å². The summed E-state index contributed by atoms with van der Waals surface area (Å²) in [4.78, 5) is 10.9. The van der Waals surface area contributed by atoms with Crippen LogP contribution in [0.3, 0.4) is 0 Å². The molecule has 0 aliphatic carbocycles. The monoisotopic (exact) mass is 199 g/mol. The normalized spacial score (nSPS) is 29.6. The van der Waals surface area contributed by atoms with Crippen LogP contribution in [0.5, 0.6) is 0 Å². The number of carboxylic acids is 1. The van der Waals surface area contributed by atoms with Crippen LogP contribution < -0.4 is 5.32 Å². The Hall–Kier alpha value is -0.570. The van der Waals surface area contributed by atoms with Crippen LogP contribution in [0.2, 0.25) is 0 Å². The van der Waals surface area contributed by atoms with E-state index in [9.17, 15) is 4.79 Å². The predicted molar refractivity (Wildman–Crippen MR) is 56.3 cm³/mol. The molecule has 1 fully saturated rings. The molecule has 82 valence electrons. The van der Waals surface area contributed by atoms with Crippen LogP contribution in [-0.2, 0) is 4.79 Å². The van der Waals surface area contributed by atoms with Crippen LogP contribution in [0.1, 0.15) is 46.5 Å². The zero-order valence-corrected chi connectivity index (χ0v) is 9.34. The van der Waals surface area contributed by atoms with Gasteiger partial charge in [-0.25, -0.2) is 0 Å². The molecular formula is C11H21NO2. The smallest absolute Gasteiger partial charge is 0.320 e. The Morgan fingerprint density at radius 3 is 2.36 bits per heavy atom. The Bertz CT molecular complexity index is 208. The Balaban J connectivity index is 2.65. The van der Waals surface area contributed by atoms with E-state index in [0.717, 1.165) is 25.7 Å². The maximum Gasteiger partial charge on any atom is 0.320 e. The summed E-state index contributed by atoms with van der Waals surface area (Å²) in [5, 5.41) is 12.2. The third-order valence-corrected chi connectivity index (χ3v) is 2.98. The lowest BCUT2D eigenvalue weighted by molar-refractivity contribution is -0.140. The van der Waals surface area contributed by atoms with Crippen LogP contribution in [-0.4, -0.2) is 23.2 Å². The first kappa shape index (κ1) is 11.5. The highest BCUT2D eigenvalue weighted by Crippen LogP contribution is 2.26. The summed E-state index contributed by atoms with van der Waals surface area (Å²) in [6.07, 6.45) is 4.02. The van der Waals surface area contributed by atoms with E-state index in [-0.39, 0.29) is 11.5 Å². The van der Waals surface area contributed by atoms with Gasteiger partial charge in [-0.2, -0.15) is 0 Å².